The molecule has 0 saturated carbocycles. The largest absolute Gasteiger partial charge is 0.486 e. The number of halogens is 2. The van der Waals surface area contributed by atoms with Crippen molar-refractivity contribution in [2.45, 2.75) is 17.5 Å². The molecule has 0 atom stereocenters. The average Bonchev–Trinajstić information content (AvgIpc) is 3.33. The number of hydrogen-bond donors (Lipinski definition) is 1. The number of thiazole rings is 1. The van der Waals surface area contributed by atoms with Crippen molar-refractivity contribution in [3.05, 3.63) is 74.7 Å². The molecule has 148 valence electrons. The number of rotatable bonds is 7. The number of hydrogen-bond acceptors (Lipinski definition) is 7. The number of thioether (sulfide) groups is 1. The summed E-state index contributed by atoms with van der Waals surface area (Å²) < 4.78 is 7.21. The third kappa shape index (κ3) is 5.02. The maximum Gasteiger partial charge on any atom is 0.210 e. The van der Waals surface area contributed by atoms with E-state index in [2.05, 4.69) is 15.2 Å². The number of nitrogens with zero attached hydrogens (tertiary/aromatic N) is 4. The van der Waals surface area contributed by atoms with E-state index < -0.39 is 0 Å². The molecule has 0 aliphatic heterocycles. The van der Waals surface area contributed by atoms with Crippen molar-refractivity contribution >= 4 is 46.3 Å². The van der Waals surface area contributed by atoms with Gasteiger partial charge in [-0.15, -0.1) is 21.5 Å². The second-order valence-electron chi connectivity index (χ2n) is 5.95. The Kier molecular flexibility index (Phi) is 6.25. The Morgan fingerprint density at radius 1 is 1.00 bits per heavy atom. The number of ether oxygens (including phenoxy) is 1. The Hall–Kier alpha value is -2.26. The van der Waals surface area contributed by atoms with Gasteiger partial charge in [-0.3, -0.25) is 0 Å². The van der Waals surface area contributed by atoms with Gasteiger partial charge in [0.1, 0.15) is 17.4 Å². The standard InChI is InChI=1S/C19H15Cl2N5OS2/c20-13-3-1-12(2-4-13)18-24-25-19(26(18)22)29-11-15-10-28-17(23-15)9-27-16-7-5-14(21)6-8-16/h1-8,10H,9,11,22H2. The van der Waals surface area contributed by atoms with Gasteiger partial charge in [0.05, 0.1) is 5.69 Å². The molecular weight excluding hydrogens is 449 g/mol. The second-order valence-corrected chi connectivity index (χ2v) is 8.70. The molecular formula is C19H15Cl2N5OS2. The van der Waals surface area contributed by atoms with Crippen LogP contribution in [0.25, 0.3) is 11.4 Å². The summed E-state index contributed by atoms with van der Waals surface area (Å²) in [6, 6.07) is 14.6. The zero-order valence-electron chi connectivity index (χ0n) is 15.0. The topological polar surface area (TPSA) is 78.9 Å². The maximum absolute atomic E-state index is 6.16. The van der Waals surface area contributed by atoms with Crippen molar-refractivity contribution in [2.75, 3.05) is 5.84 Å². The molecule has 0 spiro atoms. The monoisotopic (exact) mass is 463 g/mol. The number of aromatic nitrogens is 4. The molecule has 10 heteroatoms. The van der Waals surface area contributed by atoms with Crippen LogP contribution in [0.5, 0.6) is 5.75 Å². The molecule has 2 N–H and O–H groups in total. The Morgan fingerprint density at radius 2 is 1.69 bits per heavy atom. The van der Waals surface area contributed by atoms with Gasteiger partial charge in [0.15, 0.2) is 5.82 Å². The molecule has 4 rings (SSSR count). The van der Waals surface area contributed by atoms with Crippen LogP contribution < -0.4 is 10.6 Å². The van der Waals surface area contributed by atoms with Crippen LogP contribution in [-0.2, 0) is 12.4 Å². The molecule has 4 aromatic rings. The third-order valence-corrected chi connectivity index (χ3v) is 6.24. The highest BCUT2D eigenvalue weighted by atomic mass is 35.5. The highest BCUT2D eigenvalue weighted by molar-refractivity contribution is 7.98. The molecule has 0 amide bonds. The summed E-state index contributed by atoms with van der Waals surface area (Å²) in [5, 5.41) is 13.2. The Bertz CT molecular complexity index is 1100. The Labute approximate surface area is 185 Å². The fraction of sp³-hybridized carbons (Fsp3) is 0.105. The quantitative estimate of drug-likeness (QED) is 0.296. The van der Waals surface area contributed by atoms with Crippen LogP contribution in [0.1, 0.15) is 10.7 Å². The summed E-state index contributed by atoms with van der Waals surface area (Å²) in [4.78, 5) is 4.60. The minimum Gasteiger partial charge on any atom is -0.486 e. The van der Waals surface area contributed by atoms with Crippen molar-refractivity contribution in [1.82, 2.24) is 19.9 Å². The van der Waals surface area contributed by atoms with Gasteiger partial charge in [0, 0.05) is 26.7 Å². The molecule has 2 aromatic carbocycles. The second kappa shape index (κ2) is 9.04. The van der Waals surface area contributed by atoms with Gasteiger partial charge in [-0.2, -0.15) is 0 Å². The summed E-state index contributed by atoms with van der Waals surface area (Å²) in [5.74, 6) is 8.13. The first kappa shape index (κ1) is 20.0. The van der Waals surface area contributed by atoms with E-state index in [4.69, 9.17) is 33.8 Å². The van der Waals surface area contributed by atoms with Crippen LogP contribution in [0.2, 0.25) is 10.0 Å². The molecule has 2 heterocycles. The van der Waals surface area contributed by atoms with Gasteiger partial charge in [-0.1, -0.05) is 35.0 Å². The van der Waals surface area contributed by atoms with Gasteiger partial charge < -0.3 is 10.6 Å². The number of nitrogens with two attached hydrogens (primary N) is 1. The zero-order valence-corrected chi connectivity index (χ0v) is 18.1. The van der Waals surface area contributed by atoms with Crippen LogP contribution in [-0.4, -0.2) is 19.9 Å². The normalized spacial score (nSPS) is 11.0. The highest BCUT2D eigenvalue weighted by Gasteiger charge is 2.13. The third-order valence-electron chi connectivity index (χ3n) is 3.89. The fourth-order valence-corrected chi connectivity index (χ4v) is 4.28. The number of nitrogen functional groups attached to an aromatic ring is 1. The highest BCUT2D eigenvalue weighted by Crippen LogP contribution is 2.26. The molecule has 0 fully saturated rings. The van der Waals surface area contributed by atoms with Gasteiger partial charge >= 0.3 is 0 Å². The first-order valence-electron chi connectivity index (χ1n) is 8.49. The van der Waals surface area contributed by atoms with E-state index in [1.54, 1.807) is 35.6 Å². The molecule has 0 bridgehead atoms. The van der Waals surface area contributed by atoms with E-state index in [1.165, 1.54) is 16.4 Å². The number of benzene rings is 2. The molecule has 6 nitrogen and oxygen atoms in total. The summed E-state index contributed by atoms with van der Waals surface area (Å²) in [7, 11) is 0. The van der Waals surface area contributed by atoms with Gasteiger partial charge in [-0.25, -0.2) is 9.66 Å². The Balaban J connectivity index is 1.35. The smallest absolute Gasteiger partial charge is 0.210 e. The predicted molar refractivity (Wildman–Crippen MR) is 118 cm³/mol. The van der Waals surface area contributed by atoms with Crippen LogP contribution in [0.3, 0.4) is 0 Å². The zero-order chi connectivity index (χ0) is 20.2. The first-order chi connectivity index (χ1) is 14.1. The molecule has 0 aliphatic carbocycles. The lowest BCUT2D eigenvalue weighted by Crippen LogP contribution is -2.11. The van der Waals surface area contributed by atoms with Crippen LogP contribution in [0.4, 0.5) is 0 Å². The molecule has 2 aromatic heterocycles. The van der Waals surface area contributed by atoms with Gasteiger partial charge in [0.2, 0.25) is 5.16 Å². The molecule has 0 radical (unpaired) electrons. The van der Waals surface area contributed by atoms with E-state index in [1.807, 2.05) is 29.6 Å². The Morgan fingerprint density at radius 3 is 2.41 bits per heavy atom. The van der Waals surface area contributed by atoms with Crippen molar-refractivity contribution in [3.63, 3.8) is 0 Å². The predicted octanol–water partition coefficient (Wildman–Crippen LogP) is 5.29. The minimum absolute atomic E-state index is 0.407. The molecule has 0 aliphatic rings. The van der Waals surface area contributed by atoms with Crippen LogP contribution in [0.15, 0.2) is 59.1 Å². The lowest BCUT2D eigenvalue weighted by Gasteiger charge is -2.04. The van der Waals surface area contributed by atoms with Crippen molar-refractivity contribution < 1.29 is 4.74 Å². The molecule has 0 unspecified atom stereocenters. The van der Waals surface area contributed by atoms with E-state index >= 15 is 0 Å². The van der Waals surface area contributed by atoms with Crippen molar-refractivity contribution in [3.8, 4) is 17.1 Å². The molecule has 29 heavy (non-hydrogen) atoms. The maximum atomic E-state index is 6.16. The van der Waals surface area contributed by atoms with Crippen LogP contribution in [0, 0.1) is 0 Å². The van der Waals surface area contributed by atoms with E-state index in [0.29, 0.717) is 33.4 Å². The van der Waals surface area contributed by atoms with Crippen molar-refractivity contribution in [1.29, 1.82) is 0 Å². The summed E-state index contributed by atoms with van der Waals surface area (Å²) >= 11 is 14.8. The van der Waals surface area contributed by atoms with E-state index in [-0.39, 0.29) is 0 Å². The fourth-order valence-electron chi connectivity index (χ4n) is 2.47. The van der Waals surface area contributed by atoms with Gasteiger partial charge in [-0.05, 0) is 48.5 Å². The minimum atomic E-state index is 0.407. The van der Waals surface area contributed by atoms with Crippen LogP contribution >= 0.6 is 46.3 Å². The first-order valence-corrected chi connectivity index (χ1v) is 11.1. The average molecular weight is 464 g/mol. The summed E-state index contributed by atoms with van der Waals surface area (Å²) in [6.07, 6.45) is 0. The van der Waals surface area contributed by atoms with E-state index in [0.717, 1.165) is 22.0 Å². The summed E-state index contributed by atoms with van der Waals surface area (Å²) in [6.45, 7) is 0.407. The van der Waals surface area contributed by atoms with E-state index in [9.17, 15) is 0 Å². The lowest BCUT2D eigenvalue weighted by atomic mass is 10.2. The summed E-state index contributed by atoms with van der Waals surface area (Å²) in [5.41, 5.74) is 1.79. The molecule has 0 saturated heterocycles. The SMILES string of the molecule is Nn1c(SCc2csc(COc3ccc(Cl)cc3)n2)nnc1-c1ccc(Cl)cc1. The van der Waals surface area contributed by atoms with Gasteiger partial charge in [0.25, 0.3) is 0 Å². The lowest BCUT2D eigenvalue weighted by molar-refractivity contribution is 0.305. The van der Waals surface area contributed by atoms with Crippen molar-refractivity contribution in [2.24, 2.45) is 0 Å².